The molecular formula is C19H21NO7S. The molecule has 9 heteroatoms. The second-order valence-electron chi connectivity index (χ2n) is 6.30. The van der Waals surface area contributed by atoms with E-state index in [9.17, 15) is 13.2 Å². The third-order valence-electron chi connectivity index (χ3n) is 4.76. The van der Waals surface area contributed by atoms with E-state index in [0.29, 0.717) is 17.2 Å². The third kappa shape index (κ3) is 3.68. The zero-order valence-corrected chi connectivity index (χ0v) is 16.1. The second kappa shape index (κ2) is 8.17. The molecule has 150 valence electrons. The molecule has 2 aromatic carbocycles. The molecule has 0 aromatic heterocycles. The van der Waals surface area contributed by atoms with Crippen molar-refractivity contribution in [3.05, 3.63) is 48.5 Å². The van der Waals surface area contributed by atoms with E-state index in [4.69, 9.17) is 19.4 Å². The monoisotopic (exact) mass is 407 g/mol. The minimum absolute atomic E-state index is 0.0277. The molecule has 0 radical (unpaired) electrons. The summed E-state index contributed by atoms with van der Waals surface area (Å²) in [5, 5.41) is 9.07. The number of hydrogen-bond acceptors (Lipinski definition) is 7. The summed E-state index contributed by atoms with van der Waals surface area (Å²) in [6.07, 6.45) is -0.0718. The van der Waals surface area contributed by atoms with Crippen LogP contribution in [0.5, 0.6) is 17.2 Å². The Balaban J connectivity index is 1.85. The van der Waals surface area contributed by atoms with Crippen molar-refractivity contribution in [1.82, 2.24) is 5.48 Å². The summed E-state index contributed by atoms with van der Waals surface area (Å²) in [7, 11) is -2.49. The Labute approximate surface area is 162 Å². The highest BCUT2D eigenvalue weighted by Crippen LogP contribution is 2.36. The van der Waals surface area contributed by atoms with Gasteiger partial charge in [-0.1, -0.05) is 0 Å². The fourth-order valence-corrected chi connectivity index (χ4v) is 5.05. The quantitative estimate of drug-likeness (QED) is 0.558. The Morgan fingerprint density at radius 1 is 1.00 bits per heavy atom. The van der Waals surface area contributed by atoms with Gasteiger partial charge in [0.05, 0.1) is 12.0 Å². The number of methoxy groups -OCH3 is 1. The van der Waals surface area contributed by atoms with E-state index in [-0.39, 0.29) is 31.0 Å². The van der Waals surface area contributed by atoms with E-state index in [1.807, 2.05) is 0 Å². The summed E-state index contributed by atoms with van der Waals surface area (Å²) in [6.45, 7) is 0.233. The summed E-state index contributed by atoms with van der Waals surface area (Å²) in [5.41, 5.74) is 1.50. The van der Waals surface area contributed by atoms with Crippen LogP contribution in [0.3, 0.4) is 0 Å². The molecule has 2 N–H and O–H groups in total. The Kier molecular flexibility index (Phi) is 5.87. The van der Waals surface area contributed by atoms with Crippen LogP contribution in [0, 0.1) is 0 Å². The van der Waals surface area contributed by atoms with Crippen molar-refractivity contribution in [1.29, 1.82) is 0 Å². The molecule has 2 aromatic rings. The minimum Gasteiger partial charge on any atom is -0.497 e. The van der Waals surface area contributed by atoms with Crippen molar-refractivity contribution in [2.75, 3.05) is 20.3 Å². The molecule has 8 nitrogen and oxygen atoms in total. The van der Waals surface area contributed by atoms with Crippen LogP contribution in [0.1, 0.15) is 12.8 Å². The second-order valence-corrected chi connectivity index (χ2v) is 8.56. The molecule has 0 unspecified atom stereocenters. The lowest BCUT2D eigenvalue weighted by atomic mass is 9.98. The number of amides is 1. The highest BCUT2D eigenvalue weighted by atomic mass is 32.2. The number of hydroxylamine groups is 1. The van der Waals surface area contributed by atoms with Gasteiger partial charge in [0.1, 0.15) is 17.2 Å². The van der Waals surface area contributed by atoms with Crippen LogP contribution in [0.4, 0.5) is 0 Å². The maximum atomic E-state index is 13.2. The van der Waals surface area contributed by atoms with E-state index in [1.54, 1.807) is 31.4 Å². The number of benzene rings is 2. The molecule has 1 fully saturated rings. The first-order valence-corrected chi connectivity index (χ1v) is 10.1. The largest absolute Gasteiger partial charge is 0.497 e. The SMILES string of the molecule is COc1ccc(Oc2ccc(S(=O)(=O)C3(C(=O)NO)CCOCC3)cc2)cc1. The van der Waals surface area contributed by atoms with Crippen molar-refractivity contribution in [3.63, 3.8) is 0 Å². The van der Waals surface area contributed by atoms with Gasteiger partial charge in [-0.2, -0.15) is 0 Å². The van der Waals surface area contributed by atoms with Gasteiger partial charge < -0.3 is 14.2 Å². The maximum Gasteiger partial charge on any atom is 0.265 e. The van der Waals surface area contributed by atoms with Gasteiger partial charge in [0.15, 0.2) is 14.6 Å². The van der Waals surface area contributed by atoms with Gasteiger partial charge >= 0.3 is 0 Å². The molecular weight excluding hydrogens is 386 g/mol. The number of sulfone groups is 1. The number of nitrogens with one attached hydrogen (secondary N) is 1. The summed E-state index contributed by atoms with van der Waals surface area (Å²) < 4.78 is 40.5. The summed E-state index contributed by atoms with van der Waals surface area (Å²) in [4.78, 5) is 12.2. The molecule has 1 saturated heterocycles. The van der Waals surface area contributed by atoms with E-state index < -0.39 is 20.5 Å². The normalized spacial score (nSPS) is 16.2. The van der Waals surface area contributed by atoms with E-state index in [1.165, 1.54) is 29.7 Å². The smallest absolute Gasteiger partial charge is 0.265 e. The van der Waals surface area contributed by atoms with Crippen LogP contribution < -0.4 is 15.0 Å². The average molecular weight is 407 g/mol. The molecule has 0 spiro atoms. The molecule has 0 saturated carbocycles. The number of hydrogen-bond donors (Lipinski definition) is 2. The maximum absolute atomic E-state index is 13.2. The first-order valence-electron chi connectivity index (χ1n) is 8.62. The Bertz CT molecular complexity index is 918. The lowest BCUT2D eigenvalue weighted by molar-refractivity contribution is -0.134. The standard InChI is InChI=1S/C19H21NO7S/c1-25-14-2-4-15(5-3-14)27-16-6-8-17(9-7-16)28(23,24)19(18(21)20-22)10-12-26-13-11-19/h2-9,22H,10-13H2,1H3,(H,20,21). The van der Waals surface area contributed by atoms with Crippen molar-refractivity contribution >= 4 is 15.7 Å². The van der Waals surface area contributed by atoms with Crippen LogP contribution >= 0.6 is 0 Å². The van der Waals surface area contributed by atoms with Crippen LogP contribution in [-0.2, 0) is 19.4 Å². The molecule has 3 rings (SSSR count). The van der Waals surface area contributed by atoms with Crippen LogP contribution in [-0.4, -0.2) is 44.6 Å². The van der Waals surface area contributed by atoms with E-state index >= 15 is 0 Å². The number of carbonyl (C=O) groups excluding carboxylic acids is 1. The van der Waals surface area contributed by atoms with Gasteiger partial charge in [-0.05, 0) is 61.4 Å². The minimum atomic E-state index is -4.06. The fourth-order valence-electron chi connectivity index (χ4n) is 3.11. The van der Waals surface area contributed by atoms with Crippen LogP contribution in [0.2, 0.25) is 0 Å². The van der Waals surface area contributed by atoms with Crippen molar-refractivity contribution in [2.24, 2.45) is 0 Å². The molecule has 0 bridgehead atoms. The van der Waals surface area contributed by atoms with E-state index in [2.05, 4.69) is 0 Å². The molecule has 1 amide bonds. The molecule has 0 aliphatic carbocycles. The van der Waals surface area contributed by atoms with Gasteiger partial charge in [-0.3, -0.25) is 10.0 Å². The van der Waals surface area contributed by atoms with Crippen LogP contribution in [0.15, 0.2) is 53.4 Å². The lowest BCUT2D eigenvalue weighted by Gasteiger charge is -2.34. The average Bonchev–Trinajstić information content (AvgIpc) is 2.74. The summed E-state index contributed by atoms with van der Waals surface area (Å²) >= 11 is 0. The van der Waals surface area contributed by atoms with Gasteiger partial charge in [0.2, 0.25) is 0 Å². The first kappa shape index (κ1) is 20.1. The number of rotatable bonds is 6. The first-order chi connectivity index (χ1) is 13.4. The van der Waals surface area contributed by atoms with Crippen LogP contribution in [0.25, 0.3) is 0 Å². The predicted molar refractivity (Wildman–Crippen MR) is 99.4 cm³/mol. The molecule has 1 aliphatic rings. The lowest BCUT2D eigenvalue weighted by Crippen LogP contribution is -2.54. The molecule has 1 heterocycles. The number of carbonyl (C=O) groups is 1. The predicted octanol–water partition coefficient (Wildman–Crippen LogP) is 2.32. The summed E-state index contributed by atoms with van der Waals surface area (Å²) in [6, 6.07) is 12.7. The van der Waals surface area contributed by atoms with Gasteiger partial charge in [0.25, 0.3) is 5.91 Å². The fraction of sp³-hybridized carbons (Fsp3) is 0.316. The van der Waals surface area contributed by atoms with Crippen molar-refractivity contribution in [3.8, 4) is 17.2 Å². The van der Waals surface area contributed by atoms with E-state index in [0.717, 1.165) is 0 Å². The van der Waals surface area contributed by atoms with Crippen molar-refractivity contribution in [2.45, 2.75) is 22.5 Å². The topological polar surface area (TPSA) is 111 Å². The third-order valence-corrected chi connectivity index (χ3v) is 7.27. The van der Waals surface area contributed by atoms with Gasteiger partial charge in [-0.15, -0.1) is 0 Å². The Morgan fingerprint density at radius 2 is 1.50 bits per heavy atom. The zero-order chi connectivity index (χ0) is 20.2. The molecule has 28 heavy (non-hydrogen) atoms. The van der Waals surface area contributed by atoms with Gasteiger partial charge in [0, 0.05) is 13.2 Å². The summed E-state index contributed by atoms with van der Waals surface area (Å²) in [5.74, 6) is 0.751. The highest BCUT2D eigenvalue weighted by molar-refractivity contribution is 7.93. The zero-order valence-electron chi connectivity index (χ0n) is 15.3. The molecule has 0 atom stereocenters. The molecule has 1 aliphatic heterocycles. The number of ether oxygens (including phenoxy) is 3. The highest BCUT2D eigenvalue weighted by Gasteiger charge is 2.52. The van der Waals surface area contributed by atoms with Crippen molar-refractivity contribution < 1.29 is 32.6 Å². The Hall–Kier alpha value is -2.62. The van der Waals surface area contributed by atoms with Gasteiger partial charge in [-0.25, -0.2) is 13.9 Å². The Morgan fingerprint density at radius 3 is 2.00 bits per heavy atom.